The molecule has 1 heterocycles. The number of rotatable bonds is 6. The molecule has 0 aromatic rings. The third-order valence-electron chi connectivity index (χ3n) is 4.28. The summed E-state index contributed by atoms with van der Waals surface area (Å²) in [4.78, 5) is 25.5. The molecule has 0 aromatic carbocycles. The van der Waals surface area contributed by atoms with Crippen LogP contribution in [0.1, 0.15) is 47.0 Å². The molecule has 1 saturated heterocycles. The van der Waals surface area contributed by atoms with Crippen LogP contribution in [0, 0.1) is 0 Å². The first kappa shape index (κ1) is 16.0. The summed E-state index contributed by atoms with van der Waals surface area (Å²) < 4.78 is 11.2. The standard InChI is InChI=1S/C16H25NO4/c1-5-12(6-2)21-14-9-11(16(19)20-7-3)8-13-15(14)17(13)10(4)18/h9,12-15H,5-8H2,1-4H3/t13-,14-,15-,17?/m1/s1. The van der Waals surface area contributed by atoms with Gasteiger partial charge in [-0.25, -0.2) is 4.79 Å². The van der Waals surface area contributed by atoms with E-state index in [1.165, 1.54) is 0 Å². The van der Waals surface area contributed by atoms with Gasteiger partial charge in [0.1, 0.15) is 0 Å². The number of esters is 1. The van der Waals surface area contributed by atoms with E-state index in [0.717, 1.165) is 12.8 Å². The molecule has 0 N–H and O–H groups in total. The normalized spacial score (nSPS) is 27.2. The highest BCUT2D eigenvalue weighted by molar-refractivity contribution is 5.90. The molecule has 21 heavy (non-hydrogen) atoms. The Kier molecular flexibility index (Phi) is 5.04. The van der Waals surface area contributed by atoms with Crippen molar-refractivity contribution in [1.82, 2.24) is 4.90 Å². The molecule has 0 aromatic heterocycles. The fourth-order valence-corrected chi connectivity index (χ4v) is 3.13. The van der Waals surface area contributed by atoms with E-state index >= 15 is 0 Å². The monoisotopic (exact) mass is 295 g/mol. The van der Waals surface area contributed by atoms with Gasteiger partial charge >= 0.3 is 5.97 Å². The van der Waals surface area contributed by atoms with E-state index in [2.05, 4.69) is 13.8 Å². The molecule has 5 nitrogen and oxygen atoms in total. The highest BCUT2D eigenvalue weighted by Crippen LogP contribution is 2.42. The van der Waals surface area contributed by atoms with Crippen molar-refractivity contribution >= 4 is 11.9 Å². The van der Waals surface area contributed by atoms with Crippen LogP contribution in [0.4, 0.5) is 0 Å². The predicted octanol–water partition coefficient (Wildman–Crippen LogP) is 2.05. The van der Waals surface area contributed by atoms with Crippen LogP contribution in [0.5, 0.6) is 0 Å². The fourth-order valence-electron chi connectivity index (χ4n) is 3.13. The Balaban J connectivity index is 2.14. The number of amides is 1. The zero-order valence-electron chi connectivity index (χ0n) is 13.3. The van der Waals surface area contributed by atoms with Gasteiger partial charge in [-0.2, -0.15) is 0 Å². The number of carbonyl (C=O) groups excluding carboxylic acids is 2. The lowest BCUT2D eigenvalue weighted by molar-refractivity contribution is -0.139. The SMILES string of the molecule is CCOC(=O)C1=C[C@@H](OC(CC)CC)[C@H]2[C@@H](C1)N2C(C)=O. The first-order valence-corrected chi connectivity index (χ1v) is 7.85. The molecule has 0 saturated carbocycles. The number of hydrogen-bond donors (Lipinski definition) is 0. The molecule has 0 spiro atoms. The van der Waals surface area contributed by atoms with Gasteiger partial charge in [0.05, 0.1) is 30.9 Å². The van der Waals surface area contributed by atoms with E-state index in [0.29, 0.717) is 18.6 Å². The summed E-state index contributed by atoms with van der Waals surface area (Å²) in [5.41, 5.74) is 0.637. The van der Waals surface area contributed by atoms with Crippen LogP contribution in [0.15, 0.2) is 11.6 Å². The lowest BCUT2D eigenvalue weighted by Crippen LogP contribution is -2.31. The Morgan fingerprint density at radius 1 is 1.33 bits per heavy atom. The Bertz CT molecular complexity index is 442. The first-order chi connectivity index (χ1) is 10.0. The van der Waals surface area contributed by atoms with Crippen molar-refractivity contribution in [2.24, 2.45) is 0 Å². The summed E-state index contributed by atoms with van der Waals surface area (Å²) in [5, 5.41) is 0. The van der Waals surface area contributed by atoms with Crippen molar-refractivity contribution in [3.63, 3.8) is 0 Å². The summed E-state index contributed by atoms with van der Waals surface area (Å²) in [6, 6.07) is 0.174. The molecule has 2 rings (SSSR count). The molecule has 3 atom stereocenters. The molecular formula is C16H25NO4. The molecule has 118 valence electrons. The summed E-state index contributed by atoms with van der Waals surface area (Å²) in [7, 11) is 0. The molecular weight excluding hydrogens is 270 g/mol. The maximum absolute atomic E-state index is 12.0. The topological polar surface area (TPSA) is 55.6 Å². The Hall–Kier alpha value is -1.36. The van der Waals surface area contributed by atoms with Crippen LogP contribution in [0.25, 0.3) is 0 Å². The zero-order chi connectivity index (χ0) is 15.6. The van der Waals surface area contributed by atoms with E-state index in [4.69, 9.17) is 9.47 Å². The first-order valence-electron chi connectivity index (χ1n) is 7.85. The predicted molar refractivity (Wildman–Crippen MR) is 78.7 cm³/mol. The molecule has 1 fully saturated rings. The van der Waals surface area contributed by atoms with Crippen molar-refractivity contribution in [3.05, 3.63) is 11.6 Å². The lowest BCUT2D eigenvalue weighted by atomic mass is 9.97. The van der Waals surface area contributed by atoms with Gasteiger partial charge in [0.15, 0.2) is 0 Å². The highest BCUT2D eigenvalue weighted by Gasteiger charge is 2.56. The van der Waals surface area contributed by atoms with Gasteiger partial charge in [-0.3, -0.25) is 4.79 Å². The molecule has 0 radical (unpaired) electrons. The molecule has 1 aliphatic heterocycles. The number of ether oxygens (including phenoxy) is 2. The average molecular weight is 295 g/mol. The van der Waals surface area contributed by atoms with Gasteiger partial charge in [-0.05, 0) is 25.8 Å². The Morgan fingerprint density at radius 2 is 2.00 bits per heavy atom. The summed E-state index contributed by atoms with van der Waals surface area (Å²) in [6.45, 7) is 7.89. The van der Waals surface area contributed by atoms with Crippen molar-refractivity contribution in [2.45, 2.75) is 71.2 Å². The number of hydrogen-bond acceptors (Lipinski definition) is 4. The van der Waals surface area contributed by atoms with Crippen molar-refractivity contribution in [3.8, 4) is 0 Å². The second-order valence-electron chi connectivity index (χ2n) is 5.64. The zero-order valence-corrected chi connectivity index (χ0v) is 13.3. The number of nitrogens with zero attached hydrogens (tertiary/aromatic N) is 1. The van der Waals surface area contributed by atoms with Crippen LogP contribution in [0.2, 0.25) is 0 Å². The smallest absolute Gasteiger partial charge is 0.333 e. The number of carbonyl (C=O) groups is 2. The van der Waals surface area contributed by atoms with E-state index in [1.807, 2.05) is 11.0 Å². The van der Waals surface area contributed by atoms with E-state index in [-0.39, 0.29) is 36.2 Å². The summed E-state index contributed by atoms with van der Waals surface area (Å²) in [5.74, 6) is -0.244. The van der Waals surface area contributed by atoms with Crippen molar-refractivity contribution in [1.29, 1.82) is 0 Å². The van der Waals surface area contributed by atoms with Crippen molar-refractivity contribution in [2.75, 3.05) is 6.61 Å². The van der Waals surface area contributed by atoms with Gasteiger partial charge in [0.2, 0.25) is 5.91 Å². The summed E-state index contributed by atoms with van der Waals surface area (Å²) in [6.07, 6.45) is 4.24. The lowest BCUT2D eigenvalue weighted by Gasteiger charge is -2.23. The van der Waals surface area contributed by atoms with Gasteiger partial charge in [-0.1, -0.05) is 13.8 Å². The minimum Gasteiger partial charge on any atom is -0.463 e. The van der Waals surface area contributed by atoms with Gasteiger partial charge in [0.25, 0.3) is 0 Å². The summed E-state index contributed by atoms with van der Waals surface area (Å²) >= 11 is 0. The van der Waals surface area contributed by atoms with Crippen LogP contribution in [0.3, 0.4) is 0 Å². The average Bonchev–Trinajstić information content (AvgIpc) is 3.19. The second-order valence-corrected chi connectivity index (χ2v) is 5.64. The molecule has 1 amide bonds. The van der Waals surface area contributed by atoms with Gasteiger partial charge in [0, 0.05) is 18.9 Å². The van der Waals surface area contributed by atoms with Crippen LogP contribution < -0.4 is 0 Å². The second kappa shape index (κ2) is 6.60. The highest BCUT2D eigenvalue weighted by atomic mass is 16.5. The van der Waals surface area contributed by atoms with Gasteiger partial charge < -0.3 is 14.4 Å². The maximum Gasteiger partial charge on any atom is 0.333 e. The van der Waals surface area contributed by atoms with E-state index < -0.39 is 0 Å². The number of fused-ring (bicyclic) bond motifs is 1. The minimum atomic E-state index is -0.288. The Labute approximate surface area is 126 Å². The minimum absolute atomic E-state index is 0.0432. The van der Waals surface area contributed by atoms with E-state index in [1.54, 1.807) is 13.8 Å². The third-order valence-corrected chi connectivity index (χ3v) is 4.28. The maximum atomic E-state index is 12.0. The van der Waals surface area contributed by atoms with Crippen LogP contribution in [-0.2, 0) is 19.1 Å². The molecule has 0 unspecified atom stereocenters. The van der Waals surface area contributed by atoms with Crippen molar-refractivity contribution < 1.29 is 19.1 Å². The fraction of sp³-hybridized carbons (Fsp3) is 0.750. The Morgan fingerprint density at radius 3 is 2.52 bits per heavy atom. The third kappa shape index (κ3) is 3.28. The molecule has 2 aliphatic rings. The van der Waals surface area contributed by atoms with Crippen LogP contribution >= 0.6 is 0 Å². The van der Waals surface area contributed by atoms with Gasteiger partial charge in [-0.15, -0.1) is 0 Å². The van der Waals surface area contributed by atoms with E-state index in [9.17, 15) is 9.59 Å². The quantitative estimate of drug-likeness (QED) is 0.556. The molecule has 5 heteroatoms. The van der Waals surface area contributed by atoms with Crippen LogP contribution in [-0.4, -0.2) is 47.7 Å². The molecule has 0 bridgehead atoms. The largest absolute Gasteiger partial charge is 0.463 e. The molecule has 1 aliphatic carbocycles.